The Bertz CT molecular complexity index is 714. The molecule has 1 aromatic carbocycles. The fraction of sp³-hybridized carbons (Fsp3) is 0.526. The second kappa shape index (κ2) is 7.99. The van der Waals surface area contributed by atoms with Crippen LogP contribution in [0.25, 0.3) is 0 Å². The molecule has 1 aliphatic heterocycles. The Morgan fingerprint density at radius 3 is 2.84 bits per heavy atom. The first kappa shape index (κ1) is 17.9. The van der Waals surface area contributed by atoms with Crippen molar-refractivity contribution >= 4 is 0 Å². The Morgan fingerprint density at radius 2 is 2.04 bits per heavy atom. The number of benzene rings is 1. The monoisotopic (exact) mass is 345 g/mol. The molecule has 0 spiro atoms. The summed E-state index contributed by atoms with van der Waals surface area (Å²) in [4.78, 5) is 6.86. The van der Waals surface area contributed by atoms with Gasteiger partial charge in [0.25, 0.3) is 0 Å². The van der Waals surface area contributed by atoms with E-state index in [2.05, 4.69) is 21.4 Å². The summed E-state index contributed by atoms with van der Waals surface area (Å²) in [5, 5.41) is 10.3. The standard InChI is InChI=1S/C19H27N3O3/c1-14-15(2)22-9-8-21(11-19(22)20-14)10-17(23)13-25-12-16-6-4-5-7-18(16)24-3/h4-7,17,23H,8-13H2,1-3H3. The summed E-state index contributed by atoms with van der Waals surface area (Å²) >= 11 is 0. The third-order valence-corrected chi connectivity index (χ3v) is 4.77. The largest absolute Gasteiger partial charge is 0.496 e. The number of hydrogen-bond acceptors (Lipinski definition) is 5. The molecule has 0 amide bonds. The normalized spacial score (nSPS) is 15.8. The molecule has 0 radical (unpaired) electrons. The van der Waals surface area contributed by atoms with Gasteiger partial charge in [-0.25, -0.2) is 4.98 Å². The Balaban J connectivity index is 1.46. The quantitative estimate of drug-likeness (QED) is 0.831. The molecule has 0 saturated carbocycles. The van der Waals surface area contributed by atoms with Crippen LogP contribution in [0.2, 0.25) is 0 Å². The lowest BCUT2D eigenvalue weighted by molar-refractivity contribution is 0.00492. The minimum absolute atomic E-state index is 0.307. The van der Waals surface area contributed by atoms with Crippen LogP contribution in [0, 0.1) is 13.8 Å². The number of methoxy groups -OCH3 is 1. The van der Waals surface area contributed by atoms with Gasteiger partial charge in [0, 0.05) is 30.9 Å². The van der Waals surface area contributed by atoms with Gasteiger partial charge in [-0.3, -0.25) is 4.90 Å². The minimum Gasteiger partial charge on any atom is -0.496 e. The summed E-state index contributed by atoms with van der Waals surface area (Å²) in [6.45, 7) is 8.12. The van der Waals surface area contributed by atoms with Crippen LogP contribution >= 0.6 is 0 Å². The fourth-order valence-electron chi connectivity index (χ4n) is 3.30. The molecule has 1 unspecified atom stereocenters. The summed E-state index contributed by atoms with van der Waals surface area (Å²) in [6, 6.07) is 7.77. The summed E-state index contributed by atoms with van der Waals surface area (Å²) in [6.07, 6.45) is -0.515. The van der Waals surface area contributed by atoms with Crippen LogP contribution in [0.4, 0.5) is 0 Å². The second-order valence-electron chi connectivity index (χ2n) is 6.57. The van der Waals surface area contributed by atoms with Crippen molar-refractivity contribution in [2.45, 2.75) is 39.6 Å². The van der Waals surface area contributed by atoms with Crippen LogP contribution in [0.15, 0.2) is 24.3 Å². The van der Waals surface area contributed by atoms with Gasteiger partial charge in [0.15, 0.2) is 0 Å². The summed E-state index contributed by atoms with van der Waals surface area (Å²) < 4.78 is 13.3. The number of imidazole rings is 1. The Hall–Kier alpha value is -1.89. The van der Waals surface area contributed by atoms with E-state index < -0.39 is 6.10 Å². The van der Waals surface area contributed by atoms with E-state index in [-0.39, 0.29) is 0 Å². The number of ether oxygens (including phenoxy) is 2. The van der Waals surface area contributed by atoms with E-state index >= 15 is 0 Å². The van der Waals surface area contributed by atoms with E-state index in [9.17, 15) is 5.11 Å². The maximum Gasteiger partial charge on any atom is 0.124 e. The molecular formula is C19H27N3O3. The molecule has 3 rings (SSSR count). The molecule has 6 nitrogen and oxygen atoms in total. The van der Waals surface area contributed by atoms with Crippen LogP contribution in [0.5, 0.6) is 5.75 Å². The van der Waals surface area contributed by atoms with Gasteiger partial charge < -0.3 is 19.1 Å². The number of rotatable bonds is 7. The number of hydrogen-bond donors (Lipinski definition) is 1. The zero-order chi connectivity index (χ0) is 17.8. The zero-order valence-electron chi connectivity index (χ0n) is 15.2. The number of nitrogens with zero attached hydrogens (tertiary/aromatic N) is 3. The molecule has 6 heteroatoms. The van der Waals surface area contributed by atoms with Crippen molar-refractivity contribution in [2.75, 3.05) is 26.8 Å². The highest BCUT2D eigenvalue weighted by molar-refractivity contribution is 5.32. The topological polar surface area (TPSA) is 59.8 Å². The molecule has 0 bridgehead atoms. The van der Waals surface area contributed by atoms with E-state index in [0.717, 1.165) is 42.5 Å². The van der Waals surface area contributed by atoms with E-state index in [1.54, 1.807) is 7.11 Å². The molecule has 0 aliphatic carbocycles. The molecule has 136 valence electrons. The van der Waals surface area contributed by atoms with E-state index in [0.29, 0.717) is 19.8 Å². The number of β-amino-alcohol motifs (C(OH)–C–C–N with tert-alkyl or cyclic N) is 1. The van der Waals surface area contributed by atoms with Crippen LogP contribution in [-0.2, 0) is 24.4 Å². The Labute approximate surface area is 149 Å². The first-order chi connectivity index (χ1) is 12.1. The highest BCUT2D eigenvalue weighted by Gasteiger charge is 2.22. The third-order valence-electron chi connectivity index (χ3n) is 4.77. The average Bonchev–Trinajstić information content (AvgIpc) is 2.89. The number of aliphatic hydroxyl groups excluding tert-OH is 1. The van der Waals surface area contributed by atoms with Crippen molar-refractivity contribution in [3.8, 4) is 5.75 Å². The second-order valence-corrected chi connectivity index (χ2v) is 6.57. The average molecular weight is 345 g/mol. The molecule has 25 heavy (non-hydrogen) atoms. The number of aliphatic hydroxyl groups is 1. The van der Waals surface area contributed by atoms with E-state index in [1.165, 1.54) is 5.69 Å². The van der Waals surface area contributed by atoms with Crippen molar-refractivity contribution < 1.29 is 14.6 Å². The molecule has 2 aromatic rings. The highest BCUT2D eigenvalue weighted by atomic mass is 16.5. The lowest BCUT2D eigenvalue weighted by Crippen LogP contribution is -2.40. The molecule has 2 heterocycles. The molecule has 1 atom stereocenters. The Morgan fingerprint density at radius 1 is 1.24 bits per heavy atom. The predicted molar refractivity (Wildman–Crippen MR) is 95.6 cm³/mol. The van der Waals surface area contributed by atoms with Gasteiger partial charge >= 0.3 is 0 Å². The number of fused-ring (bicyclic) bond motifs is 1. The van der Waals surface area contributed by atoms with Crippen LogP contribution in [-0.4, -0.2) is 52.5 Å². The summed E-state index contributed by atoms with van der Waals surface area (Å²) in [5.41, 5.74) is 3.33. The molecule has 0 fully saturated rings. The molecular weight excluding hydrogens is 318 g/mol. The fourth-order valence-corrected chi connectivity index (χ4v) is 3.30. The first-order valence-electron chi connectivity index (χ1n) is 8.71. The van der Waals surface area contributed by atoms with Crippen LogP contribution < -0.4 is 4.74 Å². The van der Waals surface area contributed by atoms with Crippen molar-refractivity contribution in [1.82, 2.24) is 14.5 Å². The van der Waals surface area contributed by atoms with Crippen molar-refractivity contribution in [3.63, 3.8) is 0 Å². The zero-order valence-corrected chi connectivity index (χ0v) is 15.2. The SMILES string of the molecule is COc1ccccc1COCC(O)CN1CCn2c(nc(C)c2C)C1. The maximum absolute atomic E-state index is 10.3. The van der Waals surface area contributed by atoms with E-state index in [1.807, 2.05) is 31.2 Å². The van der Waals surface area contributed by atoms with Crippen molar-refractivity contribution in [1.29, 1.82) is 0 Å². The molecule has 1 N–H and O–H groups in total. The van der Waals surface area contributed by atoms with Crippen LogP contribution in [0.3, 0.4) is 0 Å². The predicted octanol–water partition coefficient (Wildman–Crippen LogP) is 1.90. The van der Waals surface area contributed by atoms with E-state index in [4.69, 9.17) is 9.47 Å². The van der Waals surface area contributed by atoms with Gasteiger partial charge in [0.1, 0.15) is 11.6 Å². The first-order valence-corrected chi connectivity index (χ1v) is 8.71. The molecule has 1 aromatic heterocycles. The lowest BCUT2D eigenvalue weighted by Gasteiger charge is -2.29. The van der Waals surface area contributed by atoms with Crippen LogP contribution in [0.1, 0.15) is 22.8 Å². The third kappa shape index (κ3) is 4.21. The smallest absolute Gasteiger partial charge is 0.124 e. The number of aromatic nitrogens is 2. The summed E-state index contributed by atoms with van der Waals surface area (Å²) in [5.74, 6) is 1.90. The highest BCUT2D eigenvalue weighted by Crippen LogP contribution is 2.19. The summed E-state index contributed by atoms with van der Waals surface area (Å²) in [7, 11) is 1.65. The van der Waals surface area contributed by atoms with Crippen molar-refractivity contribution in [2.24, 2.45) is 0 Å². The minimum atomic E-state index is -0.515. The van der Waals surface area contributed by atoms with Gasteiger partial charge in [-0.2, -0.15) is 0 Å². The molecule has 0 saturated heterocycles. The molecule has 1 aliphatic rings. The van der Waals surface area contributed by atoms with Crippen molar-refractivity contribution in [3.05, 3.63) is 47.0 Å². The van der Waals surface area contributed by atoms with Gasteiger partial charge in [0.2, 0.25) is 0 Å². The van der Waals surface area contributed by atoms with Gasteiger partial charge in [-0.1, -0.05) is 18.2 Å². The lowest BCUT2D eigenvalue weighted by atomic mass is 10.2. The van der Waals surface area contributed by atoms with Gasteiger partial charge in [-0.15, -0.1) is 0 Å². The number of para-hydroxylation sites is 1. The maximum atomic E-state index is 10.3. The Kier molecular flexibility index (Phi) is 5.73. The van der Waals surface area contributed by atoms with Gasteiger partial charge in [0.05, 0.1) is 38.7 Å². The number of aryl methyl sites for hydroxylation is 1. The van der Waals surface area contributed by atoms with Gasteiger partial charge in [-0.05, 0) is 19.9 Å².